The Hall–Kier alpha value is -1.91. The van der Waals surface area contributed by atoms with Crippen molar-refractivity contribution in [3.05, 3.63) is 66.0 Å². The summed E-state index contributed by atoms with van der Waals surface area (Å²) in [4.78, 5) is 16.7. The molecule has 0 spiro atoms. The number of aromatic nitrogens is 1. The molecule has 1 amide bonds. The van der Waals surface area contributed by atoms with E-state index in [1.807, 2.05) is 42.5 Å². The molecule has 4 nitrogen and oxygen atoms in total. The van der Waals surface area contributed by atoms with Crippen LogP contribution in [0.1, 0.15) is 30.0 Å². The van der Waals surface area contributed by atoms with E-state index in [9.17, 15) is 4.79 Å². The maximum atomic E-state index is 12.6. The van der Waals surface area contributed by atoms with Crippen LogP contribution in [0, 0.1) is 5.92 Å². The van der Waals surface area contributed by atoms with Gasteiger partial charge in [0.05, 0.1) is 6.04 Å². The van der Waals surface area contributed by atoms with Crippen molar-refractivity contribution in [1.29, 1.82) is 0 Å². The molecule has 1 aliphatic rings. The van der Waals surface area contributed by atoms with E-state index in [0.29, 0.717) is 0 Å². The third kappa shape index (κ3) is 4.53. The van der Waals surface area contributed by atoms with E-state index in [1.54, 1.807) is 12.4 Å². The van der Waals surface area contributed by atoms with E-state index < -0.39 is 0 Å². The maximum absolute atomic E-state index is 12.6. The Labute approximate surface area is 143 Å². The van der Waals surface area contributed by atoms with E-state index in [-0.39, 0.29) is 30.3 Å². The Morgan fingerprint density at radius 1 is 1.04 bits per heavy atom. The first-order valence-corrected chi connectivity index (χ1v) is 7.80. The highest BCUT2D eigenvalue weighted by molar-refractivity contribution is 5.85. The normalized spacial score (nSPS) is 16.2. The zero-order valence-corrected chi connectivity index (χ0v) is 13.8. The van der Waals surface area contributed by atoms with E-state index >= 15 is 0 Å². The molecule has 0 bridgehead atoms. The van der Waals surface area contributed by atoms with Gasteiger partial charge < -0.3 is 10.6 Å². The number of carbonyl (C=O) groups excluding carboxylic acids is 1. The molecule has 1 fully saturated rings. The number of amides is 1. The SMILES string of the molecule is Cl.O=C(NC(c1ccccc1)c1ccncc1)C1CCNCC1. The second-order valence-electron chi connectivity index (χ2n) is 5.66. The van der Waals surface area contributed by atoms with Gasteiger partial charge in [0.2, 0.25) is 5.91 Å². The summed E-state index contributed by atoms with van der Waals surface area (Å²) >= 11 is 0. The molecule has 1 aliphatic heterocycles. The highest BCUT2D eigenvalue weighted by Gasteiger charge is 2.24. The van der Waals surface area contributed by atoms with Gasteiger partial charge in [-0.1, -0.05) is 30.3 Å². The number of nitrogens with zero attached hydrogens (tertiary/aromatic N) is 1. The highest BCUT2D eigenvalue weighted by Crippen LogP contribution is 2.23. The van der Waals surface area contributed by atoms with Crippen molar-refractivity contribution >= 4 is 18.3 Å². The quantitative estimate of drug-likeness (QED) is 0.905. The number of hydrogen-bond acceptors (Lipinski definition) is 3. The van der Waals surface area contributed by atoms with Crippen molar-refractivity contribution in [3.63, 3.8) is 0 Å². The molecule has 2 N–H and O–H groups in total. The van der Waals surface area contributed by atoms with Crippen molar-refractivity contribution in [1.82, 2.24) is 15.6 Å². The van der Waals surface area contributed by atoms with Crippen molar-refractivity contribution in [2.24, 2.45) is 5.92 Å². The van der Waals surface area contributed by atoms with Gasteiger partial charge in [0, 0.05) is 18.3 Å². The van der Waals surface area contributed by atoms with Crippen LogP contribution in [0.15, 0.2) is 54.9 Å². The summed E-state index contributed by atoms with van der Waals surface area (Å²) in [5.74, 6) is 0.251. The van der Waals surface area contributed by atoms with Gasteiger partial charge in [0.1, 0.15) is 0 Å². The molecule has 0 aliphatic carbocycles. The summed E-state index contributed by atoms with van der Waals surface area (Å²) in [6.45, 7) is 1.84. The lowest BCUT2D eigenvalue weighted by atomic mass is 9.94. The van der Waals surface area contributed by atoms with Gasteiger partial charge in [0.25, 0.3) is 0 Å². The molecule has 5 heteroatoms. The molecule has 1 unspecified atom stereocenters. The van der Waals surface area contributed by atoms with Crippen LogP contribution in [0.4, 0.5) is 0 Å². The van der Waals surface area contributed by atoms with Crippen LogP contribution < -0.4 is 10.6 Å². The van der Waals surface area contributed by atoms with Crippen LogP contribution in [-0.4, -0.2) is 24.0 Å². The second kappa shape index (κ2) is 8.65. The van der Waals surface area contributed by atoms with Crippen LogP contribution in [0.2, 0.25) is 0 Å². The molecule has 0 radical (unpaired) electrons. The van der Waals surface area contributed by atoms with Gasteiger partial charge >= 0.3 is 0 Å². The first kappa shape index (κ1) is 17.4. The fourth-order valence-electron chi connectivity index (χ4n) is 2.90. The number of halogens is 1. The Morgan fingerprint density at radius 3 is 2.30 bits per heavy atom. The molecule has 2 aromatic rings. The Balaban J connectivity index is 0.00000192. The van der Waals surface area contributed by atoms with E-state index in [4.69, 9.17) is 0 Å². The van der Waals surface area contributed by atoms with Crippen molar-refractivity contribution in [3.8, 4) is 0 Å². The van der Waals surface area contributed by atoms with Crippen molar-refractivity contribution < 1.29 is 4.79 Å². The van der Waals surface area contributed by atoms with E-state index in [1.165, 1.54) is 0 Å². The van der Waals surface area contributed by atoms with Crippen molar-refractivity contribution in [2.75, 3.05) is 13.1 Å². The monoisotopic (exact) mass is 331 g/mol. The summed E-state index contributed by atoms with van der Waals surface area (Å²) in [6, 6.07) is 13.9. The molecule has 3 rings (SSSR count). The zero-order valence-electron chi connectivity index (χ0n) is 12.9. The van der Waals surface area contributed by atoms with Gasteiger partial charge in [-0.3, -0.25) is 9.78 Å². The third-order valence-electron chi connectivity index (χ3n) is 4.17. The van der Waals surface area contributed by atoms with Crippen LogP contribution in [0.25, 0.3) is 0 Å². The van der Waals surface area contributed by atoms with Gasteiger partial charge in [0.15, 0.2) is 0 Å². The predicted octanol–water partition coefficient (Wildman–Crippen LogP) is 2.71. The Kier molecular flexibility index (Phi) is 6.56. The van der Waals surface area contributed by atoms with Crippen molar-refractivity contribution in [2.45, 2.75) is 18.9 Å². The largest absolute Gasteiger partial charge is 0.345 e. The molecule has 1 saturated heterocycles. The second-order valence-corrected chi connectivity index (χ2v) is 5.66. The first-order valence-electron chi connectivity index (χ1n) is 7.80. The number of carbonyl (C=O) groups is 1. The minimum Gasteiger partial charge on any atom is -0.345 e. The summed E-state index contributed by atoms with van der Waals surface area (Å²) < 4.78 is 0. The van der Waals surface area contributed by atoms with Crippen LogP contribution in [0.3, 0.4) is 0 Å². The number of hydrogen-bond donors (Lipinski definition) is 2. The fourth-order valence-corrected chi connectivity index (χ4v) is 2.90. The average Bonchev–Trinajstić information content (AvgIpc) is 2.62. The number of rotatable bonds is 4. The molecule has 1 aromatic heterocycles. The van der Waals surface area contributed by atoms with Crippen LogP contribution in [0.5, 0.6) is 0 Å². The topological polar surface area (TPSA) is 54.0 Å². The number of benzene rings is 1. The van der Waals surface area contributed by atoms with Crippen LogP contribution in [-0.2, 0) is 4.79 Å². The molecule has 122 valence electrons. The van der Waals surface area contributed by atoms with Gasteiger partial charge in [-0.15, -0.1) is 12.4 Å². The molecule has 1 aromatic carbocycles. The van der Waals surface area contributed by atoms with E-state index in [2.05, 4.69) is 15.6 Å². The number of piperidine rings is 1. The standard InChI is InChI=1S/C18H21N3O.ClH/c22-18(16-8-12-20-13-9-16)21-17(14-4-2-1-3-5-14)15-6-10-19-11-7-15;/h1-7,10-11,16-17,20H,8-9,12-13H2,(H,21,22);1H. The summed E-state index contributed by atoms with van der Waals surface area (Å²) in [7, 11) is 0. The Bertz CT molecular complexity index is 561. The smallest absolute Gasteiger partial charge is 0.223 e. The fraction of sp³-hybridized carbons (Fsp3) is 0.333. The molecular weight excluding hydrogens is 310 g/mol. The van der Waals surface area contributed by atoms with Gasteiger partial charge in [-0.2, -0.15) is 0 Å². The number of nitrogens with one attached hydrogen (secondary N) is 2. The molecule has 0 saturated carbocycles. The van der Waals surface area contributed by atoms with Gasteiger partial charge in [-0.25, -0.2) is 0 Å². The maximum Gasteiger partial charge on any atom is 0.223 e. The molecule has 23 heavy (non-hydrogen) atoms. The van der Waals surface area contributed by atoms with E-state index in [0.717, 1.165) is 37.1 Å². The first-order chi connectivity index (χ1) is 10.8. The average molecular weight is 332 g/mol. The lowest BCUT2D eigenvalue weighted by molar-refractivity contribution is -0.126. The Morgan fingerprint density at radius 2 is 1.65 bits per heavy atom. The predicted molar refractivity (Wildman–Crippen MR) is 93.5 cm³/mol. The third-order valence-corrected chi connectivity index (χ3v) is 4.17. The lowest BCUT2D eigenvalue weighted by Crippen LogP contribution is -2.40. The molecule has 1 atom stereocenters. The zero-order chi connectivity index (χ0) is 15.2. The minimum absolute atomic E-state index is 0. The van der Waals surface area contributed by atoms with Crippen LogP contribution >= 0.6 is 12.4 Å². The van der Waals surface area contributed by atoms with Gasteiger partial charge in [-0.05, 0) is 49.2 Å². The summed E-state index contributed by atoms with van der Waals surface area (Å²) in [5, 5.41) is 6.52. The lowest BCUT2D eigenvalue weighted by Gasteiger charge is -2.26. The molecule has 2 heterocycles. The number of pyridine rings is 1. The molecular formula is C18H22ClN3O. The minimum atomic E-state index is -0.119. The highest BCUT2D eigenvalue weighted by atomic mass is 35.5. The summed E-state index contributed by atoms with van der Waals surface area (Å²) in [6.07, 6.45) is 5.34. The summed E-state index contributed by atoms with van der Waals surface area (Å²) in [5.41, 5.74) is 2.15.